The Balaban J connectivity index is 1.72. The van der Waals surface area contributed by atoms with Gasteiger partial charge in [-0.15, -0.1) is 0 Å². The number of carbonyl (C=O) groups excluding carboxylic acids is 1. The maximum Gasteiger partial charge on any atom is 0.262 e. The van der Waals surface area contributed by atoms with E-state index in [1.807, 2.05) is 24.3 Å². The third kappa shape index (κ3) is 5.24. The van der Waals surface area contributed by atoms with E-state index in [9.17, 15) is 9.59 Å². The van der Waals surface area contributed by atoms with Crippen LogP contribution in [0.1, 0.15) is 29.8 Å². The predicted molar refractivity (Wildman–Crippen MR) is 127 cm³/mol. The van der Waals surface area contributed by atoms with Crippen LogP contribution in [0.25, 0.3) is 10.9 Å². The first kappa shape index (κ1) is 22.4. The third-order valence-electron chi connectivity index (χ3n) is 5.11. The van der Waals surface area contributed by atoms with Crippen molar-refractivity contribution in [2.45, 2.75) is 20.4 Å². The lowest BCUT2D eigenvalue weighted by Gasteiger charge is -2.18. The van der Waals surface area contributed by atoms with Crippen LogP contribution in [0.5, 0.6) is 0 Å². The van der Waals surface area contributed by atoms with Crippen LogP contribution in [0.3, 0.4) is 0 Å². The van der Waals surface area contributed by atoms with E-state index in [4.69, 9.17) is 12.2 Å². The largest absolute Gasteiger partial charge is 0.351 e. The van der Waals surface area contributed by atoms with Gasteiger partial charge in [0, 0.05) is 23.1 Å². The highest BCUT2D eigenvalue weighted by molar-refractivity contribution is 9.10. The minimum absolute atomic E-state index is 0.0984. The van der Waals surface area contributed by atoms with Gasteiger partial charge in [0.1, 0.15) is 0 Å². The zero-order valence-corrected chi connectivity index (χ0v) is 19.5. The van der Waals surface area contributed by atoms with Gasteiger partial charge >= 0.3 is 0 Å². The van der Waals surface area contributed by atoms with Gasteiger partial charge in [-0.1, -0.05) is 41.9 Å². The van der Waals surface area contributed by atoms with E-state index in [-0.39, 0.29) is 11.5 Å². The maximum absolute atomic E-state index is 12.9. The summed E-state index contributed by atoms with van der Waals surface area (Å²) in [7, 11) is 0. The lowest BCUT2D eigenvalue weighted by molar-refractivity contribution is 0.0949. The van der Waals surface area contributed by atoms with Crippen molar-refractivity contribution in [2.24, 2.45) is 0 Å². The highest BCUT2D eigenvalue weighted by atomic mass is 79.9. The number of aromatic amines is 1. The van der Waals surface area contributed by atoms with E-state index in [2.05, 4.69) is 45.0 Å². The molecule has 0 atom stereocenters. The van der Waals surface area contributed by atoms with Crippen LogP contribution in [-0.2, 0) is 6.54 Å². The number of hydrogen-bond acceptors (Lipinski definition) is 4. The van der Waals surface area contributed by atoms with Crippen molar-refractivity contribution >= 4 is 45.0 Å². The molecule has 0 aliphatic heterocycles. The van der Waals surface area contributed by atoms with Gasteiger partial charge in [0.2, 0.25) is 0 Å². The SMILES string of the molecule is CCN(CC)CCNC(=O)c1ccc(Cn2c(=S)[nH]c3ccc(Br)cc3c2=O)cc1. The van der Waals surface area contributed by atoms with Crippen LogP contribution in [0.4, 0.5) is 0 Å². The monoisotopic (exact) mass is 488 g/mol. The maximum atomic E-state index is 12.9. The Labute approximate surface area is 189 Å². The summed E-state index contributed by atoms with van der Waals surface area (Å²) >= 11 is 8.79. The molecule has 1 aromatic heterocycles. The number of rotatable bonds is 8. The first-order valence-electron chi connectivity index (χ1n) is 9.94. The number of hydrogen-bond donors (Lipinski definition) is 2. The average molecular weight is 489 g/mol. The molecule has 0 fully saturated rings. The second kappa shape index (κ2) is 10.1. The third-order valence-corrected chi connectivity index (χ3v) is 5.92. The molecular weight excluding hydrogens is 464 g/mol. The molecule has 0 saturated heterocycles. The Kier molecular flexibility index (Phi) is 7.58. The summed E-state index contributed by atoms with van der Waals surface area (Å²) in [5.41, 5.74) is 2.05. The van der Waals surface area contributed by atoms with Crippen molar-refractivity contribution in [1.82, 2.24) is 19.8 Å². The van der Waals surface area contributed by atoms with Gasteiger partial charge in [-0.05, 0) is 61.2 Å². The first-order valence-corrected chi connectivity index (χ1v) is 11.1. The summed E-state index contributed by atoms with van der Waals surface area (Å²) in [6, 6.07) is 12.7. The number of likely N-dealkylation sites (N-methyl/N-ethyl adjacent to an activating group) is 1. The molecule has 8 heteroatoms. The number of nitrogens with zero attached hydrogens (tertiary/aromatic N) is 2. The van der Waals surface area contributed by atoms with Crippen LogP contribution in [0.15, 0.2) is 51.7 Å². The highest BCUT2D eigenvalue weighted by Gasteiger charge is 2.09. The molecule has 158 valence electrons. The molecule has 0 bridgehead atoms. The van der Waals surface area contributed by atoms with Gasteiger partial charge in [-0.25, -0.2) is 0 Å². The van der Waals surface area contributed by atoms with E-state index in [0.717, 1.165) is 29.7 Å². The van der Waals surface area contributed by atoms with E-state index < -0.39 is 0 Å². The second-order valence-corrected chi connectivity index (χ2v) is 8.29. The summed E-state index contributed by atoms with van der Waals surface area (Å²) in [4.78, 5) is 30.6. The summed E-state index contributed by atoms with van der Waals surface area (Å²) in [5, 5.41) is 3.52. The molecule has 2 N–H and O–H groups in total. The number of fused-ring (bicyclic) bond motifs is 1. The van der Waals surface area contributed by atoms with Gasteiger partial charge in [0.25, 0.3) is 11.5 Å². The van der Waals surface area contributed by atoms with Crippen molar-refractivity contribution in [1.29, 1.82) is 0 Å². The molecule has 0 radical (unpaired) electrons. The molecule has 6 nitrogen and oxygen atoms in total. The summed E-state index contributed by atoms with van der Waals surface area (Å²) in [6.07, 6.45) is 0. The van der Waals surface area contributed by atoms with Crippen LogP contribution in [-0.4, -0.2) is 46.5 Å². The Bertz CT molecular complexity index is 1150. The van der Waals surface area contributed by atoms with Crippen LogP contribution in [0.2, 0.25) is 0 Å². The standard InChI is InChI=1S/C22H25BrN4O2S/c1-3-26(4-2)12-11-24-20(28)16-7-5-15(6-8-16)14-27-21(29)18-13-17(23)9-10-19(18)25-22(27)30/h5-10,13H,3-4,11-12,14H2,1-2H3,(H,24,28)(H,25,30). The van der Waals surface area contributed by atoms with Crippen molar-refractivity contribution in [2.75, 3.05) is 26.2 Å². The number of H-pyrrole nitrogens is 1. The van der Waals surface area contributed by atoms with Crippen molar-refractivity contribution in [3.63, 3.8) is 0 Å². The molecule has 3 rings (SSSR count). The zero-order chi connectivity index (χ0) is 21.7. The predicted octanol–water partition coefficient (Wildman–Crippen LogP) is 3.94. The number of benzene rings is 2. The molecule has 30 heavy (non-hydrogen) atoms. The van der Waals surface area contributed by atoms with Crippen molar-refractivity contribution in [3.8, 4) is 0 Å². The number of carbonyl (C=O) groups is 1. The molecule has 0 unspecified atom stereocenters. The molecule has 1 amide bonds. The molecule has 0 aliphatic carbocycles. The fraction of sp³-hybridized carbons (Fsp3) is 0.318. The average Bonchev–Trinajstić information content (AvgIpc) is 2.75. The number of halogens is 1. The Morgan fingerprint density at radius 1 is 1.17 bits per heavy atom. The van der Waals surface area contributed by atoms with E-state index in [1.54, 1.807) is 18.2 Å². The number of amides is 1. The molecule has 0 aliphatic rings. The van der Waals surface area contributed by atoms with E-state index in [1.165, 1.54) is 4.57 Å². The lowest BCUT2D eigenvalue weighted by atomic mass is 10.1. The van der Waals surface area contributed by atoms with E-state index >= 15 is 0 Å². The summed E-state index contributed by atoms with van der Waals surface area (Å²) in [5.74, 6) is -0.0984. The van der Waals surface area contributed by atoms with Crippen molar-refractivity contribution < 1.29 is 4.79 Å². The minimum atomic E-state index is -0.145. The molecule has 0 saturated carbocycles. The molecule has 0 spiro atoms. The van der Waals surface area contributed by atoms with Gasteiger partial charge in [0.05, 0.1) is 17.4 Å². The quantitative estimate of drug-likeness (QED) is 0.471. The van der Waals surface area contributed by atoms with Crippen LogP contribution >= 0.6 is 28.1 Å². The first-order chi connectivity index (χ1) is 14.4. The molecular formula is C22H25BrN4O2S. The smallest absolute Gasteiger partial charge is 0.262 e. The summed E-state index contributed by atoms with van der Waals surface area (Å²) < 4.78 is 2.73. The second-order valence-electron chi connectivity index (χ2n) is 6.99. The Hall–Kier alpha value is -2.29. The Morgan fingerprint density at radius 3 is 2.53 bits per heavy atom. The fourth-order valence-corrected chi connectivity index (χ4v) is 3.90. The van der Waals surface area contributed by atoms with Crippen LogP contribution < -0.4 is 10.9 Å². The zero-order valence-electron chi connectivity index (χ0n) is 17.1. The fourth-order valence-electron chi connectivity index (χ4n) is 3.28. The topological polar surface area (TPSA) is 70.1 Å². The number of aromatic nitrogens is 2. The van der Waals surface area contributed by atoms with E-state index in [0.29, 0.717) is 34.3 Å². The molecule has 2 aromatic carbocycles. The normalized spacial score (nSPS) is 11.2. The van der Waals surface area contributed by atoms with Gasteiger partial charge in [-0.2, -0.15) is 0 Å². The highest BCUT2D eigenvalue weighted by Crippen LogP contribution is 2.16. The van der Waals surface area contributed by atoms with Gasteiger partial charge < -0.3 is 15.2 Å². The number of nitrogens with one attached hydrogen (secondary N) is 2. The minimum Gasteiger partial charge on any atom is -0.351 e. The lowest BCUT2D eigenvalue weighted by Crippen LogP contribution is -2.34. The van der Waals surface area contributed by atoms with Gasteiger partial charge in [0.15, 0.2) is 4.77 Å². The van der Waals surface area contributed by atoms with Crippen molar-refractivity contribution in [3.05, 3.63) is 73.2 Å². The van der Waals surface area contributed by atoms with Gasteiger partial charge in [-0.3, -0.25) is 14.2 Å². The molecule has 1 heterocycles. The summed E-state index contributed by atoms with van der Waals surface area (Å²) in [6.45, 7) is 7.92. The molecule has 3 aromatic rings. The van der Waals surface area contributed by atoms with Crippen LogP contribution in [0, 0.1) is 4.77 Å². The Morgan fingerprint density at radius 2 is 1.87 bits per heavy atom.